The molecule has 5 nitrogen and oxygen atoms in total. The number of anilines is 2. The van der Waals surface area contributed by atoms with Crippen molar-refractivity contribution in [1.82, 2.24) is 0 Å². The van der Waals surface area contributed by atoms with E-state index in [0.717, 1.165) is 25.9 Å². The van der Waals surface area contributed by atoms with Crippen LogP contribution in [0.3, 0.4) is 0 Å². The van der Waals surface area contributed by atoms with Gasteiger partial charge in [-0.3, -0.25) is 0 Å². The van der Waals surface area contributed by atoms with E-state index >= 15 is 0 Å². The molecule has 0 bridgehead atoms. The molecule has 1 aromatic rings. The number of benzene rings is 1. The lowest BCUT2D eigenvalue weighted by molar-refractivity contribution is 0.0134. The van der Waals surface area contributed by atoms with Crippen LogP contribution in [0.2, 0.25) is 0 Å². The summed E-state index contributed by atoms with van der Waals surface area (Å²) in [7, 11) is 0. The summed E-state index contributed by atoms with van der Waals surface area (Å²) in [6.07, 6.45) is 4.61. The van der Waals surface area contributed by atoms with Crippen molar-refractivity contribution in [2.75, 3.05) is 24.2 Å². The van der Waals surface area contributed by atoms with Gasteiger partial charge in [0.05, 0.1) is 17.4 Å². The van der Waals surface area contributed by atoms with Crippen LogP contribution in [-0.2, 0) is 4.74 Å². The van der Waals surface area contributed by atoms with E-state index in [1.807, 2.05) is 0 Å². The first kappa shape index (κ1) is 13.7. The first-order chi connectivity index (χ1) is 9.16. The summed E-state index contributed by atoms with van der Waals surface area (Å²) in [5.74, 6) is -0.948. The number of nitrogen functional groups attached to an aromatic ring is 1. The summed E-state index contributed by atoms with van der Waals surface area (Å²) < 4.78 is 5.64. The zero-order chi connectivity index (χ0) is 13.7. The number of nitrogens with two attached hydrogens (primary N) is 1. The van der Waals surface area contributed by atoms with Crippen molar-refractivity contribution in [2.24, 2.45) is 0 Å². The monoisotopic (exact) mass is 264 g/mol. The van der Waals surface area contributed by atoms with Gasteiger partial charge in [0.25, 0.3) is 0 Å². The Labute approximate surface area is 112 Å². The number of nitrogens with one attached hydrogen (secondary N) is 1. The molecule has 1 aromatic carbocycles. The molecule has 1 aliphatic rings. The van der Waals surface area contributed by atoms with Crippen LogP contribution in [0.1, 0.15) is 36.0 Å². The Morgan fingerprint density at radius 2 is 2.32 bits per heavy atom. The van der Waals surface area contributed by atoms with Gasteiger partial charge in [-0.15, -0.1) is 0 Å². The van der Waals surface area contributed by atoms with E-state index in [2.05, 4.69) is 5.32 Å². The van der Waals surface area contributed by atoms with E-state index in [9.17, 15) is 4.79 Å². The van der Waals surface area contributed by atoms with Crippen LogP contribution in [0.5, 0.6) is 0 Å². The molecule has 4 N–H and O–H groups in total. The second-order valence-corrected chi connectivity index (χ2v) is 4.81. The van der Waals surface area contributed by atoms with Crippen molar-refractivity contribution in [1.29, 1.82) is 0 Å². The summed E-state index contributed by atoms with van der Waals surface area (Å²) in [4.78, 5) is 11.1. The van der Waals surface area contributed by atoms with Crippen LogP contribution in [0.15, 0.2) is 18.2 Å². The maximum Gasteiger partial charge on any atom is 0.337 e. The average molecular weight is 264 g/mol. The standard InChI is InChI=1S/C14H20N2O3/c15-10-4-5-12(14(17)18)13(9-10)16-7-6-11-3-1-2-8-19-11/h4-5,9,11,16H,1-3,6-8,15H2,(H,17,18). The fourth-order valence-electron chi connectivity index (χ4n) is 2.30. The predicted molar refractivity (Wildman–Crippen MR) is 74.5 cm³/mol. The molecule has 0 spiro atoms. The second-order valence-electron chi connectivity index (χ2n) is 4.81. The smallest absolute Gasteiger partial charge is 0.337 e. The van der Waals surface area contributed by atoms with E-state index in [4.69, 9.17) is 15.6 Å². The Balaban J connectivity index is 1.91. The number of hydrogen-bond donors (Lipinski definition) is 3. The minimum Gasteiger partial charge on any atom is -0.478 e. The minimum absolute atomic E-state index is 0.249. The summed E-state index contributed by atoms with van der Waals surface area (Å²) in [6.45, 7) is 1.53. The molecule has 104 valence electrons. The van der Waals surface area contributed by atoms with Crippen molar-refractivity contribution < 1.29 is 14.6 Å². The largest absolute Gasteiger partial charge is 0.478 e. The summed E-state index contributed by atoms with van der Waals surface area (Å²) in [6, 6.07) is 4.78. The third-order valence-corrected chi connectivity index (χ3v) is 3.33. The van der Waals surface area contributed by atoms with E-state index in [1.165, 1.54) is 12.5 Å². The van der Waals surface area contributed by atoms with Gasteiger partial charge >= 0.3 is 5.97 Å². The summed E-state index contributed by atoms with van der Waals surface area (Å²) in [5.41, 5.74) is 7.06. The quantitative estimate of drug-likeness (QED) is 0.711. The number of ether oxygens (including phenoxy) is 1. The van der Waals surface area contributed by atoms with E-state index in [-0.39, 0.29) is 11.7 Å². The molecular formula is C14H20N2O3. The normalized spacial score (nSPS) is 19.1. The highest BCUT2D eigenvalue weighted by atomic mass is 16.5. The van der Waals surface area contributed by atoms with Crippen LogP contribution in [0.4, 0.5) is 11.4 Å². The van der Waals surface area contributed by atoms with Gasteiger partial charge in [0.15, 0.2) is 0 Å². The molecule has 2 rings (SSSR count). The number of rotatable bonds is 5. The summed E-state index contributed by atoms with van der Waals surface area (Å²) >= 11 is 0. The Morgan fingerprint density at radius 1 is 1.47 bits per heavy atom. The van der Waals surface area contributed by atoms with Gasteiger partial charge in [-0.2, -0.15) is 0 Å². The highest BCUT2D eigenvalue weighted by molar-refractivity contribution is 5.95. The zero-order valence-corrected chi connectivity index (χ0v) is 10.9. The molecule has 1 aliphatic heterocycles. The van der Waals surface area contributed by atoms with Crippen LogP contribution in [-0.4, -0.2) is 30.3 Å². The molecule has 0 saturated carbocycles. The van der Waals surface area contributed by atoms with Crippen LogP contribution in [0, 0.1) is 0 Å². The lowest BCUT2D eigenvalue weighted by atomic mass is 10.1. The first-order valence-electron chi connectivity index (χ1n) is 6.65. The second kappa shape index (κ2) is 6.43. The van der Waals surface area contributed by atoms with Crippen molar-refractivity contribution in [2.45, 2.75) is 31.8 Å². The number of carboxylic acid groups (broad SMARTS) is 1. The molecule has 0 aliphatic carbocycles. The third kappa shape index (κ3) is 3.86. The molecule has 0 radical (unpaired) electrons. The molecule has 1 saturated heterocycles. The lowest BCUT2D eigenvalue weighted by Crippen LogP contribution is -2.22. The number of hydrogen-bond acceptors (Lipinski definition) is 4. The van der Waals surface area contributed by atoms with Gasteiger partial charge in [0.1, 0.15) is 0 Å². The Hall–Kier alpha value is -1.75. The van der Waals surface area contributed by atoms with Crippen molar-refractivity contribution in [3.63, 3.8) is 0 Å². The molecule has 5 heteroatoms. The van der Waals surface area contributed by atoms with Crippen molar-refractivity contribution in [3.8, 4) is 0 Å². The van der Waals surface area contributed by atoms with E-state index in [0.29, 0.717) is 17.9 Å². The molecule has 1 atom stereocenters. The minimum atomic E-state index is -0.948. The third-order valence-electron chi connectivity index (χ3n) is 3.33. The molecule has 1 heterocycles. The molecular weight excluding hydrogens is 244 g/mol. The Kier molecular flexibility index (Phi) is 4.63. The number of carbonyl (C=O) groups is 1. The van der Waals surface area contributed by atoms with Gasteiger partial charge in [0, 0.05) is 18.8 Å². The zero-order valence-electron chi connectivity index (χ0n) is 10.9. The summed E-state index contributed by atoms with van der Waals surface area (Å²) in [5, 5.41) is 12.2. The fraction of sp³-hybridized carbons (Fsp3) is 0.500. The average Bonchev–Trinajstić information content (AvgIpc) is 2.39. The Morgan fingerprint density at radius 3 is 3.00 bits per heavy atom. The maximum absolute atomic E-state index is 11.1. The molecule has 1 unspecified atom stereocenters. The highest BCUT2D eigenvalue weighted by Crippen LogP contribution is 2.20. The van der Waals surface area contributed by atoms with Crippen LogP contribution >= 0.6 is 0 Å². The number of carboxylic acids is 1. The number of aromatic carboxylic acids is 1. The Bertz CT molecular complexity index is 442. The van der Waals surface area contributed by atoms with Crippen LogP contribution in [0.25, 0.3) is 0 Å². The van der Waals surface area contributed by atoms with Gasteiger partial charge < -0.3 is 20.9 Å². The maximum atomic E-state index is 11.1. The van der Waals surface area contributed by atoms with Gasteiger partial charge in [-0.25, -0.2) is 4.79 Å². The predicted octanol–water partition coefficient (Wildman–Crippen LogP) is 2.34. The van der Waals surface area contributed by atoms with Crippen molar-refractivity contribution in [3.05, 3.63) is 23.8 Å². The van der Waals surface area contributed by atoms with Gasteiger partial charge in [-0.1, -0.05) is 0 Å². The van der Waals surface area contributed by atoms with Crippen LogP contribution < -0.4 is 11.1 Å². The fourth-order valence-corrected chi connectivity index (χ4v) is 2.30. The van der Waals surface area contributed by atoms with Gasteiger partial charge in [0.2, 0.25) is 0 Å². The first-order valence-corrected chi connectivity index (χ1v) is 6.65. The van der Waals surface area contributed by atoms with Crippen molar-refractivity contribution >= 4 is 17.3 Å². The van der Waals surface area contributed by atoms with E-state index in [1.54, 1.807) is 12.1 Å². The molecule has 19 heavy (non-hydrogen) atoms. The topological polar surface area (TPSA) is 84.6 Å². The van der Waals surface area contributed by atoms with Gasteiger partial charge in [-0.05, 0) is 43.9 Å². The molecule has 0 amide bonds. The van der Waals surface area contributed by atoms with E-state index < -0.39 is 5.97 Å². The molecule has 1 fully saturated rings. The molecule has 0 aromatic heterocycles. The SMILES string of the molecule is Nc1ccc(C(=O)O)c(NCCC2CCCCO2)c1. The highest BCUT2D eigenvalue weighted by Gasteiger charge is 2.14. The lowest BCUT2D eigenvalue weighted by Gasteiger charge is -2.22.